The molecule has 1 heterocycles. The number of likely N-dealkylation sites (tertiary alicyclic amines) is 1. The molecule has 2 heteroatoms. The van der Waals surface area contributed by atoms with E-state index in [9.17, 15) is 0 Å². The topological polar surface area (TPSA) is 29.3 Å². The monoisotopic (exact) mass is 284 g/mol. The molecule has 1 aromatic carbocycles. The Balaban J connectivity index is 1.53. The summed E-state index contributed by atoms with van der Waals surface area (Å²) in [5.74, 6) is 2.57. The molecule has 0 aromatic heterocycles. The second-order valence-corrected chi connectivity index (χ2v) is 7.48. The molecule has 114 valence electrons. The molecule has 1 saturated heterocycles. The minimum Gasteiger partial charge on any atom is -0.330 e. The average molecular weight is 284 g/mol. The standard InChI is InChI=1S/C19H28N2/c20-13-14-7-9-21(10-8-14)19-17-5-6-18(19)12-16-4-2-1-3-15(16)11-17/h1-4,14,17-19H,5-13,20H2. The Kier molecular flexibility index (Phi) is 3.76. The van der Waals surface area contributed by atoms with Gasteiger partial charge >= 0.3 is 0 Å². The molecule has 1 aromatic rings. The number of nitrogens with two attached hydrogens (primary N) is 1. The van der Waals surface area contributed by atoms with Gasteiger partial charge in [-0.05, 0) is 87.0 Å². The smallest absolute Gasteiger partial charge is 0.0158 e. The van der Waals surface area contributed by atoms with Gasteiger partial charge in [0.2, 0.25) is 0 Å². The predicted molar refractivity (Wildman–Crippen MR) is 87.2 cm³/mol. The summed E-state index contributed by atoms with van der Waals surface area (Å²) < 4.78 is 0. The van der Waals surface area contributed by atoms with E-state index in [0.29, 0.717) is 0 Å². The molecule has 2 fully saturated rings. The zero-order chi connectivity index (χ0) is 14.2. The molecule has 0 amide bonds. The second kappa shape index (κ2) is 5.73. The molecule has 21 heavy (non-hydrogen) atoms. The van der Waals surface area contributed by atoms with Crippen LogP contribution in [0.15, 0.2) is 24.3 Å². The molecule has 2 N–H and O–H groups in total. The molecule has 2 unspecified atom stereocenters. The quantitative estimate of drug-likeness (QED) is 0.905. The fraction of sp³-hybridized carbons (Fsp3) is 0.684. The Morgan fingerprint density at radius 3 is 2.00 bits per heavy atom. The molecule has 2 aliphatic carbocycles. The highest BCUT2D eigenvalue weighted by molar-refractivity contribution is 5.31. The molecule has 2 nitrogen and oxygen atoms in total. The summed E-state index contributed by atoms with van der Waals surface area (Å²) in [5, 5.41) is 0. The summed E-state index contributed by atoms with van der Waals surface area (Å²) in [7, 11) is 0. The third-order valence-corrected chi connectivity index (χ3v) is 6.36. The minimum absolute atomic E-state index is 0.780. The first-order valence-electron chi connectivity index (χ1n) is 8.86. The molecule has 1 aliphatic heterocycles. The molecular weight excluding hydrogens is 256 g/mol. The van der Waals surface area contributed by atoms with Crippen molar-refractivity contribution in [1.82, 2.24) is 4.90 Å². The highest BCUT2D eigenvalue weighted by Crippen LogP contribution is 2.43. The summed E-state index contributed by atoms with van der Waals surface area (Å²) in [6, 6.07) is 10.0. The number of piperidine rings is 1. The first-order valence-corrected chi connectivity index (χ1v) is 8.86. The number of hydrogen-bond donors (Lipinski definition) is 1. The van der Waals surface area contributed by atoms with Crippen molar-refractivity contribution in [3.8, 4) is 0 Å². The van der Waals surface area contributed by atoms with E-state index < -0.39 is 0 Å². The maximum Gasteiger partial charge on any atom is 0.0158 e. The average Bonchev–Trinajstić information content (AvgIpc) is 2.82. The van der Waals surface area contributed by atoms with E-state index in [0.717, 1.165) is 30.3 Å². The van der Waals surface area contributed by atoms with Crippen molar-refractivity contribution < 1.29 is 0 Å². The first-order chi connectivity index (χ1) is 10.3. The number of fused-ring (bicyclic) bond motifs is 3. The van der Waals surface area contributed by atoms with Gasteiger partial charge in [0.15, 0.2) is 0 Å². The number of nitrogens with zero attached hydrogens (tertiary/aromatic N) is 1. The summed E-state index contributed by atoms with van der Waals surface area (Å²) >= 11 is 0. The summed E-state index contributed by atoms with van der Waals surface area (Å²) in [6.07, 6.45) is 8.15. The van der Waals surface area contributed by atoms with Crippen LogP contribution in [0.4, 0.5) is 0 Å². The van der Waals surface area contributed by atoms with Crippen LogP contribution in [-0.4, -0.2) is 30.6 Å². The maximum atomic E-state index is 5.86. The van der Waals surface area contributed by atoms with E-state index >= 15 is 0 Å². The van der Waals surface area contributed by atoms with Gasteiger partial charge in [0.25, 0.3) is 0 Å². The van der Waals surface area contributed by atoms with E-state index in [2.05, 4.69) is 29.2 Å². The van der Waals surface area contributed by atoms with Gasteiger partial charge in [-0.1, -0.05) is 24.3 Å². The summed E-state index contributed by atoms with van der Waals surface area (Å²) in [6.45, 7) is 3.46. The van der Waals surface area contributed by atoms with Crippen LogP contribution >= 0.6 is 0 Å². The molecule has 3 aliphatic rings. The SMILES string of the molecule is NCC1CCN(C2C3CCC2Cc2ccccc2C3)CC1. The van der Waals surface area contributed by atoms with Gasteiger partial charge in [0.1, 0.15) is 0 Å². The van der Waals surface area contributed by atoms with E-state index in [4.69, 9.17) is 5.73 Å². The lowest BCUT2D eigenvalue weighted by molar-refractivity contribution is 0.0863. The fourth-order valence-corrected chi connectivity index (χ4v) is 5.20. The normalized spacial score (nSPS) is 33.7. The van der Waals surface area contributed by atoms with E-state index in [1.54, 1.807) is 11.1 Å². The second-order valence-electron chi connectivity index (χ2n) is 7.48. The van der Waals surface area contributed by atoms with Crippen molar-refractivity contribution in [2.24, 2.45) is 23.5 Å². The lowest BCUT2D eigenvalue weighted by Crippen LogP contribution is -2.47. The Bertz CT molecular complexity index is 457. The van der Waals surface area contributed by atoms with Gasteiger partial charge in [-0.25, -0.2) is 0 Å². The molecule has 2 atom stereocenters. The number of rotatable bonds is 2. The van der Waals surface area contributed by atoms with Gasteiger partial charge < -0.3 is 5.73 Å². The molecule has 4 rings (SSSR count). The van der Waals surface area contributed by atoms with Gasteiger partial charge in [0, 0.05) is 6.04 Å². The van der Waals surface area contributed by atoms with Gasteiger partial charge in [0.05, 0.1) is 0 Å². The van der Waals surface area contributed by atoms with E-state index in [1.165, 1.54) is 51.6 Å². The van der Waals surface area contributed by atoms with Crippen LogP contribution in [0.2, 0.25) is 0 Å². The third kappa shape index (κ3) is 2.53. The van der Waals surface area contributed by atoms with Crippen molar-refractivity contribution >= 4 is 0 Å². The minimum atomic E-state index is 0.780. The molecular formula is C19H28N2. The van der Waals surface area contributed by atoms with Crippen LogP contribution in [0.25, 0.3) is 0 Å². The number of hydrogen-bond acceptors (Lipinski definition) is 2. The molecule has 2 bridgehead atoms. The largest absolute Gasteiger partial charge is 0.330 e. The van der Waals surface area contributed by atoms with Crippen LogP contribution in [0.1, 0.15) is 36.8 Å². The van der Waals surface area contributed by atoms with E-state index in [-0.39, 0.29) is 0 Å². The highest BCUT2D eigenvalue weighted by Gasteiger charge is 2.42. The Hall–Kier alpha value is -0.860. The zero-order valence-electron chi connectivity index (χ0n) is 13.0. The highest BCUT2D eigenvalue weighted by atomic mass is 15.2. The van der Waals surface area contributed by atoms with Crippen molar-refractivity contribution in [3.05, 3.63) is 35.4 Å². The van der Waals surface area contributed by atoms with Gasteiger partial charge in [-0.3, -0.25) is 4.90 Å². The van der Waals surface area contributed by atoms with Crippen LogP contribution in [0.5, 0.6) is 0 Å². The van der Waals surface area contributed by atoms with Crippen LogP contribution in [0, 0.1) is 17.8 Å². The molecule has 0 radical (unpaired) electrons. The Morgan fingerprint density at radius 1 is 0.905 bits per heavy atom. The maximum absolute atomic E-state index is 5.86. The van der Waals surface area contributed by atoms with Crippen molar-refractivity contribution in [2.75, 3.05) is 19.6 Å². The summed E-state index contributed by atoms with van der Waals surface area (Å²) in [4.78, 5) is 2.83. The summed E-state index contributed by atoms with van der Waals surface area (Å²) in [5.41, 5.74) is 9.12. The predicted octanol–water partition coefficient (Wildman–Crippen LogP) is 2.85. The van der Waals surface area contributed by atoms with Gasteiger partial charge in [-0.15, -0.1) is 0 Å². The molecule has 1 saturated carbocycles. The van der Waals surface area contributed by atoms with Crippen LogP contribution in [-0.2, 0) is 12.8 Å². The zero-order valence-corrected chi connectivity index (χ0v) is 13.0. The third-order valence-electron chi connectivity index (χ3n) is 6.36. The van der Waals surface area contributed by atoms with Crippen LogP contribution in [0.3, 0.4) is 0 Å². The molecule has 0 spiro atoms. The van der Waals surface area contributed by atoms with Crippen molar-refractivity contribution in [3.63, 3.8) is 0 Å². The number of benzene rings is 1. The fourth-order valence-electron chi connectivity index (χ4n) is 5.20. The van der Waals surface area contributed by atoms with Gasteiger partial charge in [-0.2, -0.15) is 0 Å². The van der Waals surface area contributed by atoms with Crippen LogP contribution < -0.4 is 5.73 Å². The van der Waals surface area contributed by atoms with Crippen molar-refractivity contribution in [2.45, 2.75) is 44.6 Å². The van der Waals surface area contributed by atoms with Crippen molar-refractivity contribution in [1.29, 1.82) is 0 Å². The van der Waals surface area contributed by atoms with E-state index in [1.807, 2.05) is 0 Å². The lowest BCUT2D eigenvalue weighted by Gasteiger charge is -2.40. The Labute approximate surface area is 128 Å². The lowest BCUT2D eigenvalue weighted by atomic mass is 9.89. The Morgan fingerprint density at radius 2 is 1.48 bits per heavy atom. The first kappa shape index (κ1) is 13.8.